The Balaban J connectivity index is 1.54. The zero-order valence-electron chi connectivity index (χ0n) is 20.3. The maximum atomic E-state index is 13.0. The molecule has 182 valence electrons. The molecule has 3 aromatic carbocycles. The number of methoxy groups -OCH3 is 1. The molecule has 6 nitrogen and oxygen atoms in total. The van der Waals surface area contributed by atoms with Gasteiger partial charge in [-0.25, -0.2) is 4.79 Å². The molecule has 0 aliphatic carbocycles. The smallest absolute Gasteiger partial charge is 0.338 e. The zero-order chi connectivity index (χ0) is 25.1. The molecule has 3 aromatic rings. The Kier molecular flexibility index (Phi) is 6.94. The van der Waals surface area contributed by atoms with Gasteiger partial charge in [-0.1, -0.05) is 56.3 Å². The number of nitrogens with one attached hydrogen (secondary N) is 1. The van der Waals surface area contributed by atoms with Crippen LogP contribution in [0.25, 0.3) is 0 Å². The van der Waals surface area contributed by atoms with Crippen LogP contribution in [0.2, 0.25) is 0 Å². The van der Waals surface area contributed by atoms with Crippen LogP contribution in [0.5, 0.6) is 5.75 Å². The lowest BCUT2D eigenvalue weighted by atomic mass is 9.73. The fraction of sp³-hybridized carbons (Fsp3) is 0.310. The number of esters is 1. The summed E-state index contributed by atoms with van der Waals surface area (Å²) in [5, 5.41) is 14.8. The fourth-order valence-electron chi connectivity index (χ4n) is 4.75. The van der Waals surface area contributed by atoms with Crippen molar-refractivity contribution in [3.05, 3.63) is 101 Å². The number of carbonyl (C=O) groups is 2. The minimum Gasteiger partial charge on any atom is -0.497 e. The van der Waals surface area contributed by atoms with Gasteiger partial charge in [0.2, 0.25) is 0 Å². The molecule has 0 saturated heterocycles. The third kappa shape index (κ3) is 5.72. The van der Waals surface area contributed by atoms with Crippen LogP contribution in [-0.4, -0.2) is 36.2 Å². The molecule has 1 aliphatic rings. The summed E-state index contributed by atoms with van der Waals surface area (Å²) in [4.78, 5) is 24.7. The van der Waals surface area contributed by atoms with Crippen LogP contribution in [0.4, 0.5) is 0 Å². The van der Waals surface area contributed by atoms with Crippen molar-refractivity contribution in [2.75, 3.05) is 13.7 Å². The van der Waals surface area contributed by atoms with Crippen LogP contribution < -0.4 is 10.1 Å². The zero-order valence-corrected chi connectivity index (χ0v) is 20.3. The van der Waals surface area contributed by atoms with Crippen LogP contribution in [0.15, 0.2) is 72.8 Å². The molecule has 1 amide bonds. The quantitative estimate of drug-likeness (QED) is 0.449. The van der Waals surface area contributed by atoms with Crippen molar-refractivity contribution in [3.8, 4) is 5.75 Å². The molecule has 6 heteroatoms. The van der Waals surface area contributed by atoms with E-state index in [1.807, 2.05) is 42.5 Å². The first-order valence-electron chi connectivity index (χ1n) is 11.7. The van der Waals surface area contributed by atoms with Crippen molar-refractivity contribution >= 4 is 11.9 Å². The summed E-state index contributed by atoms with van der Waals surface area (Å²) in [6, 6.07) is 22.5. The molecule has 0 fully saturated rings. The van der Waals surface area contributed by atoms with Gasteiger partial charge in [0.05, 0.1) is 18.3 Å². The summed E-state index contributed by atoms with van der Waals surface area (Å²) in [7, 11) is 1.62. The first kappa shape index (κ1) is 24.5. The average molecular weight is 474 g/mol. The average Bonchev–Trinajstić information content (AvgIpc) is 3.23. The summed E-state index contributed by atoms with van der Waals surface area (Å²) >= 11 is 0. The molecular formula is C29H31NO5. The molecule has 1 heterocycles. The van der Waals surface area contributed by atoms with Crippen LogP contribution in [-0.2, 0) is 23.2 Å². The van der Waals surface area contributed by atoms with Gasteiger partial charge in [0, 0.05) is 24.1 Å². The van der Waals surface area contributed by atoms with Crippen molar-refractivity contribution < 1.29 is 24.2 Å². The molecule has 1 aliphatic heterocycles. The van der Waals surface area contributed by atoms with Gasteiger partial charge in [0.15, 0.2) is 0 Å². The molecule has 0 unspecified atom stereocenters. The van der Waals surface area contributed by atoms with Gasteiger partial charge in [0.25, 0.3) is 5.91 Å². The SMILES string of the molecule is COc1ccc(C[C@](O)(CNC(=O)c2ccc3c(c2)COC3=O)CC(C)(C)c2ccccc2)cc1. The van der Waals surface area contributed by atoms with Crippen molar-refractivity contribution in [1.82, 2.24) is 5.32 Å². The van der Waals surface area contributed by atoms with Gasteiger partial charge in [-0.15, -0.1) is 0 Å². The Bertz CT molecular complexity index is 1200. The van der Waals surface area contributed by atoms with E-state index in [0.717, 1.165) is 16.9 Å². The molecule has 0 spiro atoms. The van der Waals surface area contributed by atoms with Crippen molar-refractivity contribution in [3.63, 3.8) is 0 Å². The standard InChI is InChI=1S/C29H31NO5/c1-28(2,23-7-5-4-6-8-23)18-29(33,16-20-9-12-24(34-3)13-10-20)19-30-26(31)21-11-14-25-22(15-21)17-35-27(25)32/h4-15,33H,16-19H2,1-3H3,(H,30,31)/t29-/m1/s1. The number of fused-ring (bicyclic) bond motifs is 1. The number of benzene rings is 3. The van der Waals surface area contributed by atoms with Crippen LogP contribution in [0, 0.1) is 0 Å². The fourth-order valence-corrected chi connectivity index (χ4v) is 4.75. The maximum Gasteiger partial charge on any atom is 0.338 e. The normalized spacial score (nSPS) is 14.6. The lowest BCUT2D eigenvalue weighted by Crippen LogP contribution is -2.48. The molecule has 2 N–H and O–H groups in total. The van der Waals surface area contributed by atoms with Crippen molar-refractivity contribution in [2.45, 2.75) is 44.3 Å². The van der Waals surface area contributed by atoms with Gasteiger partial charge in [-0.3, -0.25) is 4.79 Å². The highest BCUT2D eigenvalue weighted by Crippen LogP contribution is 2.34. The van der Waals surface area contributed by atoms with Gasteiger partial charge in [0.1, 0.15) is 12.4 Å². The number of hydrogen-bond acceptors (Lipinski definition) is 5. The van der Waals surface area contributed by atoms with Crippen molar-refractivity contribution in [2.24, 2.45) is 0 Å². The van der Waals surface area contributed by atoms with E-state index < -0.39 is 5.60 Å². The first-order chi connectivity index (χ1) is 16.7. The Morgan fingerprint density at radius 3 is 2.46 bits per heavy atom. The molecule has 4 rings (SSSR count). The number of cyclic esters (lactones) is 1. The third-order valence-electron chi connectivity index (χ3n) is 6.54. The minimum atomic E-state index is -1.21. The molecular weight excluding hydrogens is 442 g/mol. The molecule has 35 heavy (non-hydrogen) atoms. The lowest BCUT2D eigenvalue weighted by Gasteiger charge is -2.37. The highest BCUT2D eigenvalue weighted by atomic mass is 16.5. The summed E-state index contributed by atoms with van der Waals surface area (Å²) in [5.74, 6) is 0.0658. The molecule has 1 atom stereocenters. The Morgan fingerprint density at radius 2 is 1.77 bits per heavy atom. The second-order valence-electron chi connectivity index (χ2n) is 9.81. The predicted molar refractivity (Wildman–Crippen MR) is 134 cm³/mol. The van der Waals surface area contributed by atoms with Gasteiger partial charge in [-0.05, 0) is 53.3 Å². The molecule has 0 aromatic heterocycles. The van der Waals surface area contributed by atoms with E-state index in [4.69, 9.17) is 9.47 Å². The van der Waals surface area contributed by atoms with E-state index in [1.54, 1.807) is 25.3 Å². The largest absolute Gasteiger partial charge is 0.497 e. The molecule has 0 radical (unpaired) electrons. The Morgan fingerprint density at radius 1 is 1.06 bits per heavy atom. The summed E-state index contributed by atoms with van der Waals surface area (Å²) in [6.07, 6.45) is 0.795. The summed E-state index contributed by atoms with van der Waals surface area (Å²) in [6.45, 7) is 4.43. The van der Waals surface area contributed by atoms with Crippen LogP contribution in [0.3, 0.4) is 0 Å². The second-order valence-corrected chi connectivity index (χ2v) is 9.81. The van der Waals surface area contributed by atoms with E-state index >= 15 is 0 Å². The number of amides is 1. The monoisotopic (exact) mass is 473 g/mol. The third-order valence-corrected chi connectivity index (χ3v) is 6.54. The highest BCUT2D eigenvalue weighted by molar-refractivity contribution is 5.98. The van der Waals surface area contributed by atoms with E-state index in [9.17, 15) is 14.7 Å². The predicted octanol–water partition coefficient (Wildman–Crippen LogP) is 4.44. The van der Waals surface area contributed by atoms with E-state index in [0.29, 0.717) is 29.5 Å². The number of rotatable bonds is 9. The van der Waals surface area contributed by atoms with Crippen LogP contribution in [0.1, 0.15) is 57.7 Å². The maximum absolute atomic E-state index is 13.0. The van der Waals surface area contributed by atoms with Gasteiger partial charge < -0.3 is 19.9 Å². The number of hydrogen-bond donors (Lipinski definition) is 2. The van der Waals surface area contributed by atoms with Gasteiger partial charge >= 0.3 is 5.97 Å². The van der Waals surface area contributed by atoms with Crippen LogP contribution >= 0.6 is 0 Å². The summed E-state index contributed by atoms with van der Waals surface area (Å²) in [5.41, 5.74) is 2.12. The van der Waals surface area contributed by atoms with Gasteiger partial charge in [-0.2, -0.15) is 0 Å². The molecule has 0 bridgehead atoms. The number of carbonyl (C=O) groups excluding carboxylic acids is 2. The summed E-state index contributed by atoms with van der Waals surface area (Å²) < 4.78 is 10.3. The lowest BCUT2D eigenvalue weighted by molar-refractivity contribution is 0.0136. The topological polar surface area (TPSA) is 84.9 Å². The molecule has 0 saturated carbocycles. The number of aliphatic hydroxyl groups is 1. The van der Waals surface area contributed by atoms with E-state index in [-0.39, 0.29) is 30.4 Å². The van der Waals surface area contributed by atoms with Crippen molar-refractivity contribution in [1.29, 1.82) is 0 Å². The minimum absolute atomic E-state index is 0.0701. The van der Waals surface area contributed by atoms with E-state index in [2.05, 4.69) is 31.3 Å². The second kappa shape index (κ2) is 9.92. The highest BCUT2D eigenvalue weighted by Gasteiger charge is 2.36. The van der Waals surface area contributed by atoms with E-state index in [1.165, 1.54) is 0 Å². The first-order valence-corrected chi connectivity index (χ1v) is 11.7. The Hall–Kier alpha value is -3.64. The Labute approximate surface area is 205 Å². The number of ether oxygens (including phenoxy) is 2.